The Morgan fingerprint density at radius 3 is 2.53 bits per heavy atom. The van der Waals surface area contributed by atoms with Crippen molar-refractivity contribution in [1.82, 2.24) is 0 Å². The quantitative estimate of drug-likeness (QED) is 0.413. The SMILES string of the molecule is CCCCC(ON=O)c1ccc([N+](=O)[O-])cc1. The van der Waals surface area contributed by atoms with Gasteiger partial charge in [-0.15, -0.1) is 4.91 Å². The summed E-state index contributed by atoms with van der Waals surface area (Å²) in [6.45, 7) is 2.03. The lowest BCUT2D eigenvalue weighted by atomic mass is 10.0. The molecule has 0 aliphatic rings. The minimum atomic E-state index is -0.469. The van der Waals surface area contributed by atoms with Gasteiger partial charge in [-0.05, 0) is 30.5 Å². The summed E-state index contributed by atoms with van der Waals surface area (Å²) in [5, 5.41) is 12.9. The molecule has 0 fully saturated rings. The van der Waals surface area contributed by atoms with Crippen LogP contribution in [0.15, 0.2) is 29.6 Å². The summed E-state index contributed by atoms with van der Waals surface area (Å²) in [5.41, 5.74) is 0.741. The molecule has 0 aliphatic carbocycles. The largest absolute Gasteiger partial charge is 0.356 e. The predicted molar refractivity (Wildman–Crippen MR) is 62.2 cm³/mol. The Hall–Kier alpha value is -1.98. The van der Waals surface area contributed by atoms with Crippen molar-refractivity contribution < 1.29 is 9.76 Å². The van der Waals surface area contributed by atoms with Gasteiger partial charge in [0.1, 0.15) is 0 Å². The minimum absolute atomic E-state index is 0.0158. The van der Waals surface area contributed by atoms with Crippen molar-refractivity contribution in [1.29, 1.82) is 0 Å². The first kappa shape index (κ1) is 13.1. The molecule has 6 heteroatoms. The maximum absolute atomic E-state index is 10.5. The van der Waals surface area contributed by atoms with Gasteiger partial charge in [0.05, 0.1) is 4.92 Å². The first-order valence-electron chi connectivity index (χ1n) is 5.42. The van der Waals surface area contributed by atoms with Crippen molar-refractivity contribution in [3.8, 4) is 0 Å². The monoisotopic (exact) mass is 238 g/mol. The summed E-state index contributed by atoms with van der Waals surface area (Å²) >= 11 is 0. The second kappa shape index (κ2) is 6.57. The number of hydrogen-bond acceptors (Lipinski definition) is 5. The molecule has 1 rings (SSSR count). The number of benzene rings is 1. The molecule has 0 saturated carbocycles. The van der Waals surface area contributed by atoms with E-state index in [9.17, 15) is 15.0 Å². The van der Waals surface area contributed by atoms with E-state index in [2.05, 4.69) is 5.34 Å². The van der Waals surface area contributed by atoms with Gasteiger partial charge in [-0.25, -0.2) is 0 Å². The Labute approximate surface area is 98.7 Å². The van der Waals surface area contributed by atoms with E-state index in [-0.39, 0.29) is 5.69 Å². The van der Waals surface area contributed by atoms with Crippen molar-refractivity contribution in [2.45, 2.75) is 32.3 Å². The van der Waals surface area contributed by atoms with Gasteiger partial charge < -0.3 is 4.84 Å². The van der Waals surface area contributed by atoms with Gasteiger partial charge in [-0.2, -0.15) is 0 Å². The average Bonchev–Trinajstić information content (AvgIpc) is 2.34. The van der Waals surface area contributed by atoms with Gasteiger partial charge in [0.2, 0.25) is 0 Å². The van der Waals surface area contributed by atoms with Crippen LogP contribution in [0.25, 0.3) is 0 Å². The first-order valence-corrected chi connectivity index (χ1v) is 5.42. The van der Waals surface area contributed by atoms with E-state index < -0.39 is 11.0 Å². The van der Waals surface area contributed by atoms with E-state index in [0.29, 0.717) is 6.42 Å². The van der Waals surface area contributed by atoms with E-state index in [4.69, 9.17) is 4.84 Å². The van der Waals surface area contributed by atoms with Crippen LogP contribution in [-0.4, -0.2) is 4.92 Å². The van der Waals surface area contributed by atoms with Crippen LogP contribution in [0.3, 0.4) is 0 Å². The molecule has 92 valence electrons. The Kier molecular flexibility index (Phi) is 5.06. The number of unbranched alkanes of at least 4 members (excludes halogenated alkanes) is 1. The van der Waals surface area contributed by atoms with Gasteiger partial charge in [0, 0.05) is 12.1 Å². The first-order chi connectivity index (χ1) is 8.19. The van der Waals surface area contributed by atoms with Gasteiger partial charge in [-0.3, -0.25) is 10.1 Å². The molecule has 1 atom stereocenters. The molecule has 0 heterocycles. The van der Waals surface area contributed by atoms with Crippen LogP contribution >= 0.6 is 0 Å². The number of nitro groups is 1. The summed E-state index contributed by atoms with van der Waals surface area (Å²) in [6, 6.07) is 5.96. The molecule has 0 amide bonds. The highest BCUT2D eigenvalue weighted by Crippen LogP contribution is 2.25. The lowest BCUT2D eigenvalue weighted by Crippen LogP contribution is -2.01. The fourth-order valence-electron chi connectivity index (χ4n) is 1.53. The Bertz CT molecular complexity index is 378. The summed E-state index contributed by atoms with van der Waals surface area (Å²) < 4.78 is 0. The number of nitro benzene ring substituents is 1. The van der Waals surface area contributed by atoms with Crippen LogP contribution in [0.4, 0.5) is 5.69 Å². The smallest absolute Gasteiger partial charge is 0.269 e. The highest BCUT2D eigenvalue weighted by atomic mass is 16.7. The molecule has 1 unspecified atom stereocenters. The van der Waals surface area contributed by atoms with E-state index in [1.807, 2.05) is 6.92 Å². The van der Waals surface area contributed by atoms with Gasteiger partial charge in [-0.1, -0.05) is 13.3 Å². The van der Waals surface area contributed by atoms with Crippen molar-refractivity contribution >= 4 is 5.69 Å². The molecule has 0 N–H and O–H groups in total. The normalized spacial score (nSPS) is 11.8. The van der Waals surface area contributed by atoms with E-state index in [1.54, 1.807) is 12.1 Å². The van der Waals surface area contributed by atoms with Crippen molar-refractivity contribution in [3.05, 3.63) is 44.9 Å². The summed E-state index contributed by atoms with van der Waals surface area (Å²) in [5.74, 6) is 0. The summed E-state index contributed by atoms with van der Waals surface area (Å²) in [7, 11) is 0. The fourth-order valence-corrected chi connectivity index (χ4v) is 1.53. The van der Waals surface area contributed by atoms with Crippen LogP contribution in [0.5, 0.6) is 0 Å². The molecule has 0 saturated heterocycles. The number of hydrogen-bond donors (Lipinski definition) is 0. The van der Waals surface area contributed by atoms with E-state index >= 15 is 0 Å². The molecule has 17 heavy (non-hydrogen) atoms. The third-order valence-corrected chi connectivity index (χ3v) is 2.47. The standard InChI is InChI=1S/C11H14N2O4/c1-2-3-4-11(17-12-14)9-5-7-10(8-6-9)13(15)16/h5-8,11H,2-4H2,1H3. The topological polar surface area (TPSA) is 81.8 Å². The zero-order valence-electron chi connectivity index (χ0n) is 9.54. The summed E-state index contributed by atoms with van der Waals surface area (Å²) in [6.07, 6.45) is 2.12. The Morgan fingerprint density at radius 1 is 1.41 bits per heavy atom. The summed E-state index contributed by atoms with van der Waals surface area (Å²) in [4.78, 5) is 24.9. The van der Waals surface area contributed by atoms with Crippen LogP contribution in [0.2, 0.25) is 0 Å². The second-order valence-electron chi connectivity index (χ2n) is 3.66. The van der Waals surface area contributed by atoms with Crippen molar-refractivity contribution in [3.63, 3.8) is 0 Å². The number of nitrogens with zero attached hydrogens (tertiary/aromatic N) is 2. The molecule has 0 radical (unpaired) electrons. The molecular weight excluding hydrogens is 224 g/mol. The third-order valence-electron chi connectivity index (χ3n) is 2.47. The molecule has 0 aromatic heterocycles. The molecule has 6 nitrogen and oxygen atoms in total. The molecule has 0 spiro atoms. The lowest BCUT2D eigenvalue weighted by Gasteiger charge is -2.12. The van der Waals surface area contributed by atoms with Gasteiger partial charge >= 0.3 is 0 Å². The van der Waals surface area contributed by atoms with Crippen LogP contribution in [-0.2, 0) is 4.84 Å². The molecule has 1 aromatic carbocycles. The van der Waals surface area contributed by atoms with Crippen LogP contribution in [0, 0.1) is 15.0 Å². The number of rotatable bonds is 7. The predicted octanol–water partition coefficient (Wildman–Crippen LogP) is 3.52. The van der Waals surface area contributed by atoms with Crippen molar-refractivity contribution in [2.24, 2.45) is 5.34 Å². The third kappa shape index (κ3) is 3.82. The Morgan fingerprint density at radius 2 is 2.06 bits per heavy atom. The molecular formula is C11H14N2O4. The zero-order chi connectivity index (χ0) is 12.7. The zero-order valence-corrected chi connectivity index (χ0v) is 9.54. The molecule has 0 aliphatic heterocycles. The van der Waals surface area contributed by atoms with Crippen LogP contribution in [0.1, 0.15) is 37.9 Å². The number of non-ortho nitro benzene ring substituents is 1. The Balaban J connectivity index is 2.79. The average molecular weight is 238 g/mol. The highest BCUT2D eigenvalue weighted by molar-refractivity contribution is 5.33. The van der Waals surface area contributed by atoms with Crippen molar-refractivity contribution in [2.75, 3.05) is 0 Å². The maximum atomic E-state index is 10.5. The van der Waals surface area contributed by atoms with Gasteiger partial charge in [0.25, 0.3) is 5.69 Å². The second-order valence-corrected chi connectivity index (χ2v) is 3.66. The maximum Gasteiger partial charge on any atom is 0.269 e. The van der Waals surface area contributed by atoms with Crippen LogP contribution < -0.4 is 0 Å². The van der Waals surface area contributed by atoms with E-state index in [0.717, 1.165) is 18.4 Å². The van der Waals surface area contributed by atoms with E-state index in [1.165, 1.54) is 12.1 Å². The molecule has 1 aromatic rings. The molecule has 0 bridgehead atoms. The highest BCUT2D eigenvalue weighted by Gasteiger charge is 2.14. The fraction of sp³-hybridized carbons (Fsp3) is 0.455. The van der Waals surface area contributed by atoms with Gasteiger partial charge in [0.15, 0.2) is 11.4 Å². The lowest BCUT2D eigenvalue weighted by molar-refractivity contribution is -0.384. The minimum Gasteiger partial charge on any atom is -0.356 e.